The van der Waals surface area contributed by atoms with Gasteiger partial charge < -0.3 is 9.47 Å². The van der Waals surface area contributed by atoms with Crippen LogP contribution >= 0.6 is 0 Å². The number of nitrogens with zero attached hydrogens (tertiary/aromatic N) is 5. The number of hydrogen-bond donors (Lipinski definition) is 0. The average molecular weight is 353 g/mol. The Hall–Kier alpha value is -3.16. The molecule has 134 valence electrons. The van der Waals surface area contributed by atoms with Gasteiger partial charge in [-0.3, -0.25) is 18.7 Å². The van der Waals surface area contributed by atoms with Crippen LogP contribution in [0.3, 0.4) is 0 Å². The van der Waals surface area contributed by atoms with Gasteiger partial charge in [-0.05, 0) is 25.0 Å². The third kappa shape index (κ3) is 2.15. The minimum absolute atomic E-state index is 0.106. The molecule has 0 bridgehead atoms. The Morgan fingerprint density at radius 3 is 2.65 bits per heavy atom. The molecule has 0 spiro atoms. The van der Waals surface area contributed by atoms with Crippen LogP contribution in [0.2, 0.25) is 0 Å². The maximum atomic E-state index is 13.1. The van der Waals surface area contributed by atoms with Crippen LogP contribution in [-0.4, -0.2) is 31.1 Å². The predicted molar refractivity (Wildman–Crippen MR) is 97.4 cm³/mol. The lowest BCUT2D eigenvalue weighted by atomic mass is 10.2. The third-order valence-corrected chi connectivity index (χ3v) is 5.10. The van der Waals surface area contributed by atoms with Gasteiger partial charge in [-0.1, -0.05) is 18.2 Å². The van der Waals surface area contributed by atoms with Crippen molar-refractivity contribution in [3.8, 4) is 0 Å². The fraction of sp³-hybridized carbons (Fsp3) is 0.333. The predicted octanol–water partition coefficient (Wildman–Crippen LogP) is 0.584. The van der Waals surface area contributed by atoms with E-state index >= 15 is 0 Å². The van der Waals surface area contributed by atoms with Crippen LogP contribution in [0.1, 0.15) is 18.5 Å². The number of carbonyl (C=O) groups is 1. The van der Waals surface area contributed by atoms with Crippen LogP contribution in [0.4, 0.5) is 5.69 Å². The van der Waals surface area contributed by atoms with E-state index in [1.165, 1.54) is 17.9 Å². The molecule has 8 heteroatoms. The van der Waals surface area contributed by atoms with Crippen molar-refractivity contribution < 1.29 is 4.79 Å². The van der Waals surface area contributed by atoms with Crippen molar-refractivity contribution in [2.24, 2.45) is 14.1 Å². The first-order chi connectivity index (χ1) is 12.4. The summed E-state index contributed by atoms with van der Waals surface area (Å²) in [4.78, 5) is 43.7. The molecule has 8 nitrogen and oxygen atoms in total. The molecule has 1 aliphatic rings. The molecule has 4 rings (SSSR count). The Morgan fingerprint density at radius 1 is 1.15 bits per heavy atom. The summed E-state index contributed by atoms with van der Waals surface area (Å²) in [5, 5.41) is 0. The van der Waals surface area contributed by atoms with Gasteiger partial charge in [0.1, 0.15) is 6.04 Å². The molecule has 0 saturated heterocycles. The minimum atomic E-state index is -0.614. The number of aryl methyl sites for hydroxylation is 1. The van der Waals surface area contributed by atoms with Crippen molar-refractivity contribution in [2.75, 3.05) is 11.4 Å². The molecule has 0 unspecified atom stereocenters. The van der Waals surface area contributed by atoms with Gasteiger partial charge in [0.05, 0.1) is 6.33 Å². The van der Waals surface area contributed by atoms with Gasteiger partial charge in [0.15, 0.2) is 11.2 Å². The normalized spacial score (nSPS) is 14.7. The summed E-state index contributed by atoms with van der Waals surface area (Å²) in [5.41, 5.74) is 1.68. The van der Waals surface area contributed by atoms with Gasteiger partial charge in [0, 0.05) is 26.3 Å². The number of amides is 1. The molecule has 1 atom stereocenters. The van der Waals surface area contributed by atoms with Gasteiger partial charge in [0.25, 0.3) is 5.56 Å². The monoisotopic (exact) mass is 353 g/mol. The molecule has 0 N–H and O–H groups in total. The van der Waals surface area contributed by atoms with Crippen molar-refractivity contribution in [3.05, 3.63) is 57.0 Å². The van der Waals surface area contributed by atoms with Gasteiger partial charge in [0.2, 0.25) is 5.91 Å². The molecule has 3 heterocycles. The summed E-state index contributed by atoms with van der Waals surface area (Å²) in [7, 11) is 2.98. The van der Waals surface area contributed by atoms with E-state index in [0.29, 0.717) is 6.54 Å². The van der Waals surface area contributed by atoms with E-state index in [1.807, 2.05) is 24.3 Å². The third-order valence-electron chi connectivity index (χ3n) is 5.10. The second-order valence-electron chi connectivity index (χ2n) is 6.57. The van der Waals surface area contributed by atoms with E-state index < -0.39 is 17.3 Å². The van der Waals surface area contributed by atoms with Crippen molar-refractivity contribution >= 4 is 22.8 Å². The van der Waals surface area contributed by atoms with Crippen molar-refractivity contribution in [1.29, 1.82) is 0 Å². The second kappa shape index (κ2) is 5.69. The van der Waals surface area contributed by atoms with E-state index in [4.69, 9.17) is 0 Å². The molecule has 1 aliphatic heterocycles. The highest BCUT2D eigenvalue weighted by Gasteiger charge is 2.30. The highest BCUT2D eigenvalue weighted by atomic mass is 16.2. The number of para-hydroxylation sites is 1. The number of benzene rings is 1. The number of rotatable bonds is 2. The second-order valence-corrected chi connectivity index (χ2v) is 6.57. The summed E-state index contributed by atoms with van der Waals surface area (Å²) in [6.45, 7) is 2.36. The van der Waals surface area contributed by atoms with Crippen molar-refractivity contribution in [2.45, 2.75) is 19.4 Å². The molecule has 1 amide bonds. The number of imidazole rings is 1. The molecule has 0 aliphatic carbocycles. The minimum Gasteiger partial charge on any atom is -0.312 e. The Morgan fingerprint density at radius 2 is 1.88 bits per heavy atom. The summed E-state index contributed by atoms with van der Waals surface area (Å²) >= 11 is 0. The van der Waals surface area contributed by atoms with Crippen LogP contribution in [-0.2, 0) is 25.3 Å². The molecule has 1 aromatic carbocycles. The topological polar surface area (TPSA) is 82.1 Å². The van der Waals surface area contributed by atoms with Gasteiger partial charge in [-0.2, -0.15) is 0 Å². The fourth-order valence-electron chi connectivity index (χ4n) is 3.57. The van der Waals surface area contributed by atoms with Gasteiger partial charge in [-0.25, -0.2) is 9.78 Å². The largest absolute Gasteiger partial charge is 0.332 e. The summed E-state index contributed by atoms with van der Waals surface area (Å²) in [6.07, 6.45) is 2.27. The molecule has 0 fully saturated rings. The highest BCUT2D eigenvalue weighted by Crippen LogP contribution is 2.29. The van der Waals surface area contributed by atoms with Crippen molar-refractivity contribution in [3.63, 3.8) is 0 Å². The van der Waals surface area contributed by atoms with Gasteiger partial charge in [-0.15, -0.1) is 0 Å². The summed E-state index contributed by atoms with van der Waals surface area (Å²) in [5.74, 6) is -0.106. The number of anilines is 1. The van der Waals surface area contributed by atoms with Crippen LogP contribution < -0.4 is 16.1 Å². The van der Waals surface area contributed by atoms with Crippen LogP contribution in [0.15, 0.2) is 40.2 Å². The average Bonchev–Trinajstić information content (AvgIpc) is 3.28. The number of aromatic nitrogens is 4. The first kappa shape index (κ1) is 16.3. The quantitative estimate of drug-likeness (QED) is 0.675. The Kier molecular flexibility index (Phi) is 3.57. The highest BCUT2D eigenvalue weighted by molar-refractivity contribution is 5.98. The molecule has 0 saturated carbocycles. The van der Waals surface area contributed by atoms with Crippen LogP contribution in [0.25, 0.3) is 11.2 Å². The zero-order valence-corrected chi connectivity index (χ0v) is 14.8. The van der Waals surface area contributed by atoms with E-state index in [-0.39, 0.29) is 17.1 Å². The number of carbonyl (C=O) groups excluding carboxylic acids is 1. The van der Waals surface area contributed by atoms with Crippen LogP contribution in [0.5, 0.6) is 0 Å². The molecule has 0 radical (unpaired) electrons. The zero-order valence-electron chi connectivity index (χ0n) is 14.8. The first-order valence-corrected chi connectivity index (χ1v) is 8.43. The van der Waals surface area contributed by atoms with E-state index in [0.717, 1.165) is 22.2 Å². The van der Waals surface area contributed by atoms with E-state index in [1.54, 1.807) is 23.4 Å². The standard InChI is InChI=1S/C18H19N5O3/c1-11(16(24)22-9-8-12-6-4-5-7-13(12)22)23-10-19-15-14(23)17(25)21(3)18(26)20(15)2/h4-7,10-11H,8-9H2,1-3H3/t11-/m1/s1. The smallest absolute Gasteiger partial charge is 0.312 e. The Labute approximate surface area is 148 Å². The SMILES string of the molecule is C[C@H](C(=O)N1CCc2ccccc21)n1cnc2c1c(=O)n(C)c(=O)n2C. The summed E-state index contributed by atoms with van der Waals surface area (Å²) in [6, 6.07) is 7.21. The van der Waals surface area contributed by atoms with Gasteiger partial charge >= 0.3 is 5.69 Å². The lowest BCUT2D eigenvalue weighted by molar-refractivity contribution is -0.121. The maximum Gasteiger partial charge on any atom is 0.332 e. The number of hydrogen-bond acceptors (Lipinski definition) is 4. The molecule has 26 heavy (non-hydrogen) atoms. The number of fused-ring (bicyclic) bond motifs is 2. The zero-order chi connectivity index (χ0) is 18.6. The van der Waals surface area contributed by atoms with Crippen LogP contribution in [0, 0.1) is 0 Å². The maximum absolute atomic E-state index is 13.1. The molecule has 3 aromatic rings. The lowest BCUT2D eigenvalue weighted by Crippen LogP contribution is -2.39. The molecular weight excluding hydrogens is 334 g/mol. The Balaban J connectivity index is 1.81. The fourth-order valence-corrected chi connectivity index (χ4v) is 3.57. The van der Waals surface area contributed by atoms with Crippen molar-refractivity contribution in [1.82, 2.24) is 18.7 Å². The molecule has 2 aromatic heterocycles. The van der Waals surface area contributed by atoms with E-state index in [2.05, 4.69) is 4.98 Å². The summed E-state index contributed by atoms with van der Waals surface area (Å²) < 4.78 is 3.90. The lowest BCUT2D eigenvalue weighted by Gasteiger charge is -2.22. The molecular formula is C18H19N5O3. The Bertz CT molecular complexity index is 1150. The van der Waals surface area contributed by atoms with E-state index in [9.17, 15) is 14.4 Å². The first-order valence-electron chi connectivity index (χ1n) is 8.43.